The molecule has 11 nitrogen and oxygen atoms in total. The van der Waals surface area contributed by atoms with Gasteiger partial charge in [-0.05, 0) is 65.4 Å². The zero-order valence-electron chi connectivity index (χ0n) is 33.6. The van der Waals surface area contributed by atoms with E-state index in [0.717, 1.165) is 32.3 Å². The molecular weight excluding hydrogens is 759 g/mol. The zero-order valence-corrected chi connectivity index (χ0v) is 33.6. The van der Waals surface area contributed by atoms with Crippen molar-refractivity contribution in [2.24, 2.45) is 5.92 Å². The maximum Gasteiger partial charge on any atom is 0.311 e. The lowest BCUT2D eigenvalue weighted by molar-refractivity contribution is -0.143. The van der Waals surface area contributed by atoms with E-state index in [1.807, 2.05) is 6.92 Å². The zero-order chi connectivity index (χ0) is 42.4. The molecule has 16 heteroatoms. The van der Waals surface area contributed by atoms with Crippen molar-refractivity contribution in [2.75, 3.05) is 13.2 Å². The minimum atomic E-state index is -2.32. The van der Waals surface area contributed by atoms with E-state index in [2.05, 4.69) is 54.4 Å². The third-order valence-electron chi connectivity index (χ3n) is 9.98. The Morgan fingerprint density at radius 3 is 2.19 bits per heavy atom. The number of carbonyl (C=O) groups excluding carboxylic acids is 4. The van der Waals surface area contributed by atoms with E-state index >= 15 is 0 Å². The van der Waals surface area contributed by atoms with Crippen molar-refractivity contribution in [1.82, 2.24) is 10.6 Å². The standard InChI is InChI=1S/C27H41NO6.C14H14F5NO3/c1-17(7-10-23-16-27(13-14-31-23)21(5)34-27)8-11-25-18(2)15-24(20(4)33-25)28-26(30)12-9-19(3)32-22(6)29;1-7(21)20-6-4-2-3-5-8(22)23-14-12(18)10(16)9(15)11(17)13(14)19/h7-10,12,18-21,23-25H,11,13-16H2,1-6H3,(H,28,30);2-6H2,1H3,(H,20,21)/b10-7+,12-9-,17-8+;/t18?,19?,20?,21?,23?,24?,25-,27?;/m0./s1. The normalized spacial score (nSPS) is 26.4. The van der Waals surface area contributed by atoms with E-state index in [9.17, 15) is 41.1 Å². The number of epoxide rings is 1. The molecular formula is C41H55F5N2O9. The predicted molar refractivity (Wildman–Crippen MR) is 199 cm³/mol. The van der Waals surface area contributed by atoms with Gasteiger partial charge in [0.15, 0.2) is 0 Å². The van der Waals surface area contributed by atoms with Gasteiger partial charge in [0.1, 0.15) is 6.10 Å². The van der Waals surface area contributed by atoms with Crippen LogP contribution in [0.2, 0.25) is 0 Å². The fraction of sp³-hybridized carbons (Fsp3) is 0.610. The Labute approximate surface area is 330 Å². The summed E-state index contributed by atoms with van der Waals surface area (Å²) in [6, 6.07) is -0.0554. The summed E-state index contributed by atoms with van der Waals surface area (Å²) < 4.78 is 92.4. The number of esters is 2. The number of unbranched alkanes of at least 4 members (excludes halogenated alkanes) is 2. The first-order valence-corrected chi connectivity index (χ1v) is 19.3. The van der Waals surface area contributed by atoms with Gasteiger partial charge >= 0.3 is 11.9 Å². The first kappa shape index (κ1) is 47.2. The van der Waals surface area contributed by atoms with Crippen LogP contribution in [0.5, 0.6) is 5.75 Å². The minimum absolute atomic E-state index is 0.0503. The summed E-state index contributed by atoms with van der Waals surface area (Å²) >= 11 is 0. The van der Waals surface area contributed by atoms with E-state index in [-0.39, 0.29) is 60.6 Å². The third-order valence-corrected chi connectivity index (χ3v) is 9.98. The SMILES string of the molecule is CC(=O)NCCCCCC(=O)Oc1c(F)c(F)c(F)c(F)c1F.CC(=O)OC(C)/C=C\C(=O)NC1CC(C)[C@H](C/C=C(C)/C=C/C2CC3(CCO2)OC3C)OC1C. The molecule has 1 aromatic carbocycles. The van der Waals surface area contributed by atoms with Crippen LogP contribution in [0.15, 0.2) is 36.0 Å². The van der Waals surface area contributed by atoms with Gasteiger partial charge in [-0.1, -0.05) is 37.1 Å². The fourth-order valence-electron chi connectivity index (χ4n) is 6.57. The molecule has 0 radical (unpaired) electrons. The molecule has 1 spiro atoms. The Morgan fingerprint density at radius 2 is 1.58 bits per heavy atom. The van der Waals surface area contributed by atoms with Crippen LogP contribution in [0.3, 0.4) is 0 Å². The lowest BCUT2D eigenvalue weighted by Gasteiger charge is -2.39. The summed E-state index contributed by atoms with van der Waals surface area (Å²) in [6.07, 6.45) is 14.3. The molecule has 4 rings (SSSR count). The lowest BCUT2D eigenvalue weighted by atomic mass is 9.88. The summed E-state index contributed by atoms with van der Waals surface area (Å²) in [4.78, 5) is 45.2. The van der Waals surface area contributed by atoms with Crippen LogP contribution in [-0.4, -0.2) is 79.1 Å². The maximum absolute atomic E-state index is 13.3. The molecule has 318 valence electrons. The molecule has 0 aromatic heterocycles. The van der Waals surface area contributed by atoms with E-state index in [1.165, 1.54) is 25.5 Å². The largest absolute Gasteiger partial charge is 0.459 e. The predicted octanol–water partition coefficient (Wildman–Crippen LogP) is 7.01. The highest BCUT2D eigenvalue weighted by Crippen LogP contribution is 2.46. The molecule has 0 bridgehead atoms. The topological polar surface area (TPSA) is 142 Å². The number of halogens is 5. The number of amides is 2. The maximum atomic E-state index is 13.3. The number of rotatable bonds is 15. The van der Waals surface area contributed by atoms with Gasteiger partial charge in [0, 0.05) is 45.7 Å². The van der Waals surface area contributed by atoms with Gasteiger partial charge in [0.2, 0.25) is 46.6 Å². The molecule has 1 aromatic rings. The summed E-state index contributed by atoms with van der Waals surface area (Å²) in [5.74, 6) is -14.3. The first-order chi connectivity index (χ1) is 26.8. The Bertz CT molecular complexity index is 1640. The van der Waals surface area contributed by atoms with Crippen molar-refractivity contribution < 1.29 is 64.8 Å². The molecule has 2 amide bonds. The molecule has 3 saturated heterocycles. The molecule has 0 aliphatic carbocycles. The lowest BCUT2D eigenvalue weighted by Crippen LogP contribution is -2.50. The molecule has 0 saturated carbocycles. The summed E-state index contributed by atoms with van der Waals surface area (Å²) in [6.45, 7) is 14.0. The smallest absolute Gasteiger partial charge is 0.311 e. The number of benzene rings is 1. The Hall–Kier alpha value is -4.15. The second kappa shape index (κ2) is 22.1. The summed E-state index contributed by atoms with van der Waals surface area (Å²) in [5, 5.41) is 5.56. The van der Waals surface area contributed by atoms with Gasteiger partial charge in [-0.25, -0.2) is 13.2 Å². The number of allylic oxidation sites excluding steroid dienone is 2. The second-order valence-corrected chi connectivity index (χ2v) is 14.8. The number of hydrogen-bond donors (Lipinski definition) is 2. The van der Waals surface area contributed by atoms with Crippen molar-refractivity contribution in [3.63, 3.8) is 0 Å². The van der Waals surface area contributed by atoms with Gasteiger partial charge in [0.05, 0.1) is 42.7 Å². The van der Waals surface area contributed by atoms with Crippen LogP contribution < -0.4 is 15.4 Å². The Kier molecular flexibility index (Phi) is 18.3. The second-order valence-electron chi connectivity index (χ2n) is 14.8. The number of nitrogens with one attached hydrogen (secondary N) is 2. The van der Waals surface area contributed by atoms with Crippen LogP contribution in [0, 0.1) is 35.0 Å². The highest BCUT2D eigenvalue weighted by atomic mass is 19.2. The average molecular weight is 815 g/mol. The van der Waals surface area contributed by atoms with Gasteiger partial charge in [0.25, 0.3) is 0 Å². The summed E-state index contributed by atoms with van der Waals surface area (Å²) in [7, 11) is 0. The van der Waals surface area contributed by atoms with E-state index in [4.69, 9.17) is 18.9 Å². The number of carbonyl (C=O) groups is 4. The van der Waals surface area contributed by atoms with Crippen LogP contribution in [0.25, 0.3) is 0 Å². The van der Waals surface area contributed by atoms with Gasteiger partial charge in [-0.2, -0.15) is 8.78 Å². The third kappa shape index (κ3) is 14.9. The molecule has 3 fully saturated rings. The van der Waals surface area contributed by atoms with Crippen molar-refractivity contribution in [1.29, 1.82) is 0 Å². The minimum Gasteiger partial charge on any atom is -0.459 e. The molecule has 3 heterocycles. The van der Waals surface area contributed by atoms with E-state index in [1.54, 1.807) is 13.0 Å². The van der Waals surface area contributed by atoms with Crippen molar-refractivity contribution >= 4 is 23.8 Å². The van der Waals surface area contributed by atoms with E-state index in [0.29, 0.717) is 31.4 Å². The molecule has 3 aliphatic heterocycles. The highest BCUT2D eigenvalue weighted by molar-refractivity contribution is 5.87. The van der Waals surface area contributed by atoms with E-state index < -0.39 is 46.9 Å². The monoisotopic (exact) mass is 814 g/mol. The van der Waals surface area contributed by atoms with Crippen molar-refractivity contribution in [2.45, 2.75) is 142 Å². The Morgan fingerprint density at radius 1 is 0.930 bits per heavy atom. The molecule has 7 unspecified atom stereocenters. The van der Waals surface area contributed by atoms with Gasteiger partial charge in [-0.3, -0.25) is 19.2 Å². The number of hydrogen-bond acceptors (Lipinski definition) is 9. The fourth-order valence-corrected chi connectivity index (χ4v) is 6.57. The molecule has 8 atom stereocenters. The van der Waals surface area contributed by atoms with Gasteiger partial charge < -0.3 is 34.3 Å². The molecule has 2 N–H and O–H groups in total. The van der Waals surface area contributed by atoms with Gasteiger partial charge in [-0.15, -0.1) is 0 Å². The van der Waals surface area contributed by atoms with Crippen LogP contribution >= 0.6 is 0 Å². The highest BCUT2D eigenvalue weighted by Gasteiger charge is 2.55. The van der Waals surface area contributed by atoms with Crippen molar-refractivity contribution in [3.05, 3.63) is 65.0 Å². The summed E-state index contributed by atoms with van der Waals surface area (Å²) in [5.41, 5.74) is 1.24. The first-order valence-electron chi connectivity index (χ1n) is 19.3. The number of ether oxygens (including phenoxy) is 5. The van der Waals surface area contributed by atoms with Crippen LogP contribution in [-0.2, 0) is 38.1 Å². The average Bonchev–Trinajstić information content (AvgIpc) is 3.77. The quantitative estimate of drug-likeness (QED) is 0.0220. The molecule has 57 heavy (non-hydrogen) atoms. The van der Waals surface area contributed by atoms with Crippen molar-refractivity contribution in [3.8, 4) is 5.75 Å². The Balaban J connectivity index is 0.000000331. The van der Waals surface area contributed by atoms with Crippen LogP contribution in [0.4, 0.5) is 22.0 Å². The molecule has 3 aliphatic rings. The van der Waals surface area contributed by atoms with Crippen LogP contribution in [0.1, 0.15) is 99.8 Å².